The van der Waals surface area contributed by atoms with E-state index < -0.39 is 10.0 Å². The lowest BCUT2D eigenvalue weighted by Crippen LogP contribution is -2.35. The molecule has 3 rings (SSSR count). The maximum atomic E-state index is 12.6. The third-order valence-corrected chi connectivity index (χ3v) is 6.50. The molecule has 1 saturated heterocycles. The molecule has 8 heteroatoms. The molecular weight excluding hydrogens is 364 g/mol. The molecule has 1 N–H and O–H groups in total. The molecule has 1 aromatic carbocycles. The van der Waals surface area contributed by atoms with Gasteiger partial charge in [0.25, 0.3) is 10.0 Å². The van der Waals surface area contributed by atoms with Crippen LogP contribution in [0.1, 0.15) is 44.6 Å². The highest BCUT2D eigenvalue weighted by Gasteiger charge is 2.28. The third-order valence-electron chi connectivity index (χ3n) is 4.72. The molecule has 2 aromatic rings. The molecule has 7 nitrogen and oxygen atoms in total. The number of hydrogen-bond donors (Lipinski definition) is 1. The van der Waals surface area contributed by atoms with E-state index in [9.17, 15) is 13.2 Å². The molecule has 1 aliphatic heterocycles. The van der Waals surface area contributed by atoms with E-state index in [-0.39, 0.29) is 17.5 Å². The standard InChI is InChI=1S/C19H26N4O3S/c1-15(2)16-6-8-17(9-7-16)21-18(24)12-22-13-19(20-14-22)27(25,26)23-10-4-3-5-11-23/h6-9,13-15H,3-5,10-12H2,1-2H3,(H,21,24). The summed E-state index contributed by atoms with van der Waals surface area (Å²) in [5, 5.41) is 2.82. The lowest BCUT2D eigenvalue weighted by molar-refractivity contribution is -0.116. The van der Waals surface area contributed by atoms with Gasteiger partial charge in [0.2, 0.25) is 5.91 Å². The molecule has 1 fully saturated rings. The average Bonchev–Trinajstić information content (AvgIpc) is 3.12. The Kier molecular flexibility index (Phi) is 5.96. The van der Waals surface area contributed by atoms with Crippen molar-refractivity contribution in [3.8, 4) is 0 Å². The van der Waals surface area contributed by atoms with Crippen molar-refractivity contribution in [2.75, 3.05) is 18.4 Å². The second-order valence-corrected chi connectivity index (χ2v) is 9.06. The first-order chi connectivity index (χ1) is 12.9. The lowest BCUT2D eigenvalue weighted by Gasteiger charge is -2.24. The zero-order chi connectivity index (χ0) is 19.4. The predicted molar refractivity (Wildman–Crippen MR) is 104 cm³/mol. The van der Waals surface area contributed by atoms with Crippen LogP contribution in [0.5, 0.6) is 0 Å². The molecule has 1 aromatic heterocycles. The van der Waals surface area contributed by atoms with Gasteiger partial charge >= 0.3 is 0 Å². The summed E-state index contributed by atoms with van der Waals surface area (Å²) in [6.45, 7) is 5.29. The lowest BCUT2D eigenvalue weighted by atomic mass is 10.0. The summed E-state index contributed by atoms with van der Waals surface area (Å²) >= 11 is 0. The summed E-state index contributed by atoms with van der Waals surface area (Å²) in [6, 6.07) is 7.71. The normalized spacial score (nSPS) is 15.8. The molecule has 0 bridgehead atoms. The maximum Gasteiger partial charge on any atom is 0.262 e. The predicted octanol–water partition coefficient (Wildman–Crippen LogP) is 2.82. The van der Waals surface area contributed by atoms with Crippen molar-refractivity contribution in [3.05, 3.63) is 42.4 Å². The smallest absolute Gasteiger partial charge is 0.262 e. The van der Waals surface area contributed by atoms with Gasteiger partial charge in [0.05, 0.1) is 6.33 Å². The van der Waals surface area contributed by atoms with Gasteiger partial charge in [-0.3, -0.25) is 4.79 Å². The monoisotopic (exact) mass is 390 g/mol. The zero-order valence-corrected chi connectivity index (χ0v) is 16.6. The second kappa shape index (κ2) is 8.22. The first kappa shape index (κ1) is 19.6. The molecule has 1 amide bonds. The summed E-state index contributed by atoms with van der Waals surface area (Å²) < 4.78 is 28.2. The van der Waals surface area contributed by atoms with Gasteiger partial charge in [-0.1, -0.05) is 32.4 Å². The Morgan fingerprint density at radius 2 is 1.81 bits per heavy atom. The Morgan fingerprint density at radius 3 is 2.44 bits per heavy atom. The van der Waals surface area contributed by atoms with Gasteiger partial charge in [0, 0.05) is 25.0 Å². The number of nitrogens with zero attached hydrogens (tertiary/aromatic N) is 3. The largest absolute Gasteiger partial charge is 0.327 e. The maximum absolute atomic E-state index is 12.6. The number of sulfonamides is 1. The van der Waals surface area contributed by atoms with Crippen LogP contribution in [0.3, 0.4) is 0 Å². The number of benzene rings is 1. The van der Waals surface area contributed by atoms with E-state index in [0.717, 1.165) is 19.3 Å². The van der Waals surface area contributed by atoms with Crippen LogP contribution in [0.15, 0.2) is 41.8 Å². The van der Waals surface area contributed by atoms with E-state index in [1.807, 2.05) is 24.3 Å². The van der Waals surface area contributed by atoms with Gasteiger partial charge in [0.1, 0.15) is 6.54 Å². The van der Waals surface area contributed by atoms with Gasteiger partial charge in [-0.2, -0.15) is 4.31 Å². The number of nitrogens with one attached hydrogen (secondary N) is 1. The molecule has 0 radical (unpaired) electrons. The highest BCUT2D eigenvalue weighted by atomic mass is 32.2. The number of amides is 1. The van der Waals surface area contributed by atoms with Crippen LogP contribution < -0.4 is 5.32 Å². The van der Waals surface area contributed by atoms with Crippen molar-refractivity contribution in [1.29, 1.82) is 0 Å². The molecule has 0 atom stereocenters. The fraction of sp³-hybridized carbons (Fsp3) is 0.474. The SMILES string of the molecule is CC(C)c1ccc(NC(=O)Cn2cnc(S(=O)(=O)N3CCCCC3)c2)cc1. The van der Waals surface area contributed by atoms with Gasteiger partial charge in [0.15, 0.2) is 5.03 Å². The van der Waals surface area contributed by atoms with Crippen LogP contribution in [0.2, 0.25) is 0 Å². The Hall–Kier alpha value is -2.19. The number of carbonyl (C=O) groups excluding carboxylic acids is 1. The fourth-order valence-corrected chi connectivity index (χ4v) is 4.57. The van der Waals surface area contributed by atoms with Crippen LogP contribution in [-0.2, 0) is 21.4 Å². The molecule has 0 unspecified atom stereocenters. The van der Waals surface area contributed by atoms with Crippen molar-refractivity contribution < 1.29 is 13.2 Å². The van der Waals surface area contributed by atoms with E-state index >= 15 is 0 Å². The first-order valence-corrected chi connectivity index (χ1v) is 10.7. The quantitative estimate of drug-likeness (QED) is 0.822. The van der Waals surface area contributed by atoms with Crippen molar-refractivity contribution in [3.63, 3.8) is 0 Å². The van der Waals surface area contributed by atoms with Gasteiger partial charge < -0.3 is 9.88 Å². The minimum absolute atomic E-state index is 0.00140. The van der Waals surface area contributed by atoms with Gasteiger partial charge in [-0.15, -0.1) is 0 Å². The van der Waals surface area contributed by atoms with E-state index in [2.05, 4.69) is 24.1 Å². The van der Waals surface area contributed by atoms with Crippen LogP contribution in [0, 0.1) is 0 Å². The number of aromatic nitrogens is 2. The topological polar surface area (TPSA) is 84.3 Å². The summed E-state index contributed by atoms with van der Waals surface area (Å²) in [5.41, 5.74) is 1.92. The molecule has 146 valence electrons. The van der Waals surface area contributed by atoms with Crippen molar-refractivity contribution >= 4 is 21.6 Å². The molecule has 27 heavy (non-hydrogen) atoms. The van der Waals surface area contributed by atoms with Crippen molar-refractivity contribution in [1.82, 2.24) is 13.9 Å². The number of carbonyl (C=O) groups is 1. The molecule has 2 heterocycles. The number of piperidine rings is 1. The summed E-state index contributed by atoms with van der Waals surface area (Å²) in [7, 11) is -3.58. The first-order valence-electron chi connectivity index (χ1n) is 9.28. The minimum Gasteiger partial charge on any atom is -0.327 e. The Bertz CT molecular complexity index is 882. The number of anilines is 1. The molecule has 0 spiro atoms. The highest BCUT2D eigenvalue weighted by Crippen LogP contribution is 2.19. The Morgan fingerprint density at radius 1 is 1.15 bits per heavy atom. The van der Waals surface area contributed by atoms with Gasteiger partial charge in [-0.05, 0) is 36.5 Å². The molecule has 0 aliphatic carbocycles. The zero-order valence-electron chi connectivity index (χ0n) is 15.8. The summed E-state index contributed by atoms with van der Waals surface area (Å²) in [5.74, 6) is 0.201. The summed E-state index contributed by atoms with van der Waals surface area (Å²) in [4.78, 5) is 16.2. The fourth-order valence-electron chi connectivity index (χ4n) is 3.11. The van der Waals surface area contributed by atoms with E-state index in [1.165, 1.54) is 27.0 Å². The molecular formula is C19H26N4O3S. The number of imidazole rings is 1. The Labute approximate surface area is 160 Å². The van der Waals surface area contributed by atoms with Crippen LogP contribution in [0.4, 0.5) is 5.69 Å². The molecule has 1 aliphatic rings. The number of rotatable bonds is 6. The van der Waals surface area contributed by atoms with E-state index in [4.69, 9.17) is 0 Å². The van der Waals surface area contributed by atoms with E-state index in [0.29, 0.717) is 24.7 Å². The average molecular weight is 391 g/mol. The highest BCUT2D eigenvalue weighted by molar-refractivity contribution is 7.89. The number of hydrogen-bond acceptors (Lipinski definition) is 4. The van der Waals surface area contributed by atoms with Crippen molar-refractivity contribution in [2.45, 2.75) is 50.6 Å². The third kappa shape index (κ3) is 4.75. The summed E-state index contributed by atoms with van der Waals surface area (Å²) in [6.07, 6.45) is 5.61. The Balaban J connectivity index is 1.62. The molecule has 0 saturated carbocycles. The van der Waals surface area contributed by atoms with Crippen LogP contribution >= 0.6 is 0 Å². The van der Waals surface area contributed by atoms with Gasteiger partial charge in [-0.25, -0.2) is 13.4 Å². The van der Waals surface area contributed by atoms with E-state index in [1.54, 1.807) is 0 Å². The van der Waals surface area contributed by atoms with Crippen molar-refractivity contribution in [2.24, 2.45) is 0 Å². The second-order valence-electron chi connectivity index (χ2n) is 7.17. The van der Waals surface area contributed by atoms with Crippen LogP contribution in [-0.4, -0.2) is 41.3 Å². The van der Waals surface area contributed by atoms with Crippen LogP contribution in [0.25, 0.3) is 0 Å². The minimum atomic E-state index is -3.58.